The van der Waals surface area contributed by atoms with Crippen molar-refractivity contribution in [2.75, 3.05) is 5.32 Å². The number of carbonyl (C=O) groups is 2. The van der Waals surface area contributed by atoms with Crippen LogP contribution in [-0.2, 0) is 4.79 Å². The lowest BCUT2D eigenvalue weighted by atomic mass is 10.1. The normalized spacial score (nSPS) is 11.3. The van der Waals surface area contributed by atoms with Gasteiger partial charge in [0.05, 0.1) is 11.4 Å². The average Bonchev–Trinajstić information content (AvgIpc) is 3.02. The van der Waals surface area contributed by atoms with E-state index in [4.69, 9.17) is 5.73 Å². The minimum Gasteiger partial charge on any atom is -0.366 e. The predicted octanol–water partition coefficient (Wildman–Crippen LogP) is 3.07. The van der Waals surface area contributed by atoms with Gasteiger partial charge in [-0.25, -0.2) is 4.98 Å². The summed E-state index contributed by atoms with van der Waals surface area (Å²) in [7, 11) is 0. The number of nitrogens with zero attached hydrogens (tertiary/aromatic N) is 2. The number of fused-ring (bicyclic) bond motifs is 1. The minimum absolute atomic E-state index is 0.286. The van der Waals surface area contributed by atoms with Gasteiger partial charge in [-0.3, -0.25) is 14.0 Å². The zero-order chi connectivity index (χ0) is 18.1. The molecule has 0 saturated carbocycles. The summed E-state index contributed by atoms with van der Waals surface area (Å²) in [6.07, 6.45) is 5.20. The van der Waals surface area contributed by atoms with Gasteiger partial charge in [0.2, 0.25) is 11.8 Å². The molecule has 2 heterocycles. The molecule has 25 heavy (non-hydrogen) atoms. The smallest absolute Gasteiger partial charge is 0.249 e. The number of aryl methyl sites for hydroxylation is 2. The van der Waals surface area contributed by atoms with Gasteiger partial charge in [-0.15, -0.1) is 11.3 Å². The highest BCUT2D eigenvalue weighted by Crippen LogP contribution is 2.22. The van der Waals surface area contributed by atoms with Crippen LogP contribution in [0.5, 0.6) is 0 Å². The number of benzene rings is 1. The first-order valence-electron chi connectivity index (χ1n) is 7.70. The lowest BCUT2D eigenvalue weighted by Crippen LogP contribution is -2.15. The Morgan fingerprint density at radius 3 is 2.76 bits per heavy atom. The summed E-state index contributed by atoms with van der Waals surface area (Å²) in [6.45, 7) is 5.68. The van der Waals surface area contributed by atoms with Crippen molar-refractivity contribution >= 4 is 39.9 Å². The zero-order valence-electron chi connectivity index (χ0n) is 14.2. The fourth-order valence-corrected chi connectivity index (χ4v) is 3.53. The van der Waals surface area contributed by atoms with Gasteiger partial charge in [-0.2, -0.15) is 0 Å². The van der Waals surface area contributed by atoms with E-state index < -0.39 is 5.91 Å². The lowest BCUT2D eigenvalue weighted by molar-refractivity contribution is -0.111. The van der Waals surface area contributed by atoms with Crippen molar-refractivity contribution in [3.05, 3.63) is 57.9 Å². The summed E-state index contributed by atoms with van der Waals surface area (Å²) in [5.74, 6) is -0.805. The van der Waals surface area contributed by atoms with E-state index in [-0.39, 0.29) is 5.91 Å². The van der Waals surface area contributed by atoms with Crippen LogP contribution in [0.15, 0.2) is 30.5 Å². The number of primary amides is 1. The Balaban J connectivity index is 1.83. The third-order valence-electron chi connectivity index (χ3n) is 3.91. The molecule has 2 amide bonds. The summed E-state index contributed by atoms with van der Waals surface area (Å²) >= 11 is 1.60. The zero-order valence-corrected chi connectivity index (χ0v) is 15.0. The van der Waals surface area contributed by atoms with E-state index in [1.807, 2.05) is 24.4 Å². The van der Waals surface area contributed by atoms with Crippen molar-refractivity contribution in [2.45, 2.75) is 20.8 Å². The van der Waals surface area contributed by atoms with Crippen LogP contribution in [0.1, 0.15) is 32.2 Å². The molecule has 0 spiro atoms. The predicted molar refractivity (Wildman–Crippen MR) is 99.9 cm³/mol. The Kier molecular flexibility index (Phi) is 4.41. The van der Waals surface area contributed by atoms with Crippen molar-refractivity contribution in [3.8, 4) is 0 Å². The maximum Gasteiger partial charge on any atom is 0.249 e. The van der Waals surface area contributed by atoms with Gasteiger partial charge in [0.15, 0.2) is 4.96 Å². The first-order chi connectivity index (χ1) is 11.9. The fourth-order valence-electron chi connectivity index (χ4n) is 2.65. The van der Waals surface area contributed by atoms with Crippen LogP contribution in [0.25, 0.3) is 11.0 Å². The Hall–Kier alpha value is -2.93. The van der Waals surface area contributed by atoms with Crippen molar-refractivity contribution < 1.29 is 9.59 Å². The van der Waals surface area contributed by atoms with E-state index in [1.54, 1.807) is 42.5 Å². The van der Waals surface area contributed by atoms with Crippen molar-refractivity contribution in [1.82, 2.24) is 9.38 Å². The maximum atomic E-state index is 12.3. The molecule has 0 aliphatic carbocycles. The number of amides is 2. The number of rotatable bonds is 4. The van der Waals surface area contributed by atoms with Gasteiger partial charge in [0.1, 0.15) is 0 Å². The molecule has 0 unspecified atom stereocenters. The molecule has 0 fully saturated rings. The first kappa shape index (κ1) is 16.9. The SMILES string of the molecule is Cc1cn2c(/C=C/C(=O)Nc3cccc(C(N)=O)c3C)c(C)nc2s1. The second-order valence-electron chi connectivity index (χ2n) is 5.74. The van der Waals surface area contributed by atoms with Crippen molar-refractivity contribution in [2.24, 2.45) is 5.73 Å². The van der Waals surface area contributed by atoms with Crippen molar-refractivity contribution in [1.29, 1.82) is 0 Å². The molecule has 0 atom stereocenters. The summed E-state index contributed by atoms with van der Waals surface area (Å²) in [5, 5.41) is 2.78. The number of imidazole rings is 1. The Morgan fingerprint density at radius 2 is 2.04 bits per heavy atom. The third kappa shape index (κ3) is 3.32. The van der Waals surface area contributed by atoms with Gasteiger partial charge in [0.25, 0.3) is 0 Å². The van der Waals surface area contributed by atoms with Gasteiger partial charge < -0.3 is 11.1 Å². The molecule has 0 radical (unpaired) electrons. The molecule has 7 heteroatoms. The molecule has 0 aliphatic heterocycles. The van der Waals surface area contributed by atoms with Crippen molar-refractivity contribution in [3.63, 3.8) is 0 Å². The number of hydrogen-bond donors (Lipinski definition) is 2. The van der Waals surface area contributed by atoms with Gasteiger partial charge in [-0.05, 0) is 44.5 Å². The van der Waals surface area contributed by atoms with Crippen LogP contribution >= 0.6 is 11.3 Å². The molecular weight excluding hydrogens is 336 g/mol. The minimum atomic E-state index is -0.519. The highest BCUT2D eigenvalue weighted by atomic mass is 32.1. The Bertz CT molecular complexity index is 1010. The Morgan fingerprint density at radius 1 is 1.28 bits per heavy atom. The van der Waals surface area contributed by atoms with Crippen LogP contribution < -0.4 is 11.1 Å². The van der Waals surface area contributed by atoms with Crippen LogP contribution in [0.4, 0.5) is 5.69 Å². The van der Waals surface area contributed by atoms with E-state index in [2.05, 4.69) is 10.3 Å². The molecule has 0 bridgehead atoms. The lowest BCUT2D eigenvalue weighted by Gasteiger charge is -2.09. The van der Waals surface area contributed by atoms with Gasteiger partial charge in [-0.1, -0.05) is 6.07 Å². The molecular formula is C18H18N4O2S. The number of aromatic nitrogens is 2. The van der Waals surface area contributed by atoms with E-state index in [0.29, 0.717) is 16.8 Å². The molecule has 2 aromatic heterocycles. The van der Waals surface area contributed by atoms with Gasteiger partial charge in [0, 0.05) is 28.4 Å². The molecule has 128 valence electrons. The number of anilines is 1. The Labute approximate surface area is 149 Å². The van der Waals surface area contributed by atoms with E-state index >= 15 is 0 Å². The first-order valence-corrected chi connectivity index (χ1v) is 8.52. The molecule has 1 aromatic carbocycles. The molecule has 3 rings (SSSR count). The fraction of sp³-hybridized carbons (Fsp3) is 0.167. The second kappa shape index (κ2) is 6.52. The summed E-state index contributed by atoms with van der Waals surface area (Å²) in [6, 6.07) is 5.05. The van der Waals surface area contributed by atoms with Crippen LogP contribution in [0, 0.1) is 20.8 Å². The van der Waals surface area contributed by atoms with E-state index in [1.165, 1.54) is 6.08 Å². The molecule has 0 aliphatic rings. The average molecular weight is 354 g/mol. The molecule has 0 saturated heterocycles. The number of thiazole rings is 1. The van der Waals surface area contributed by atoms with Crippen LogP contribution in [0.3, 0.4) is 0 Å². The monoisotopic (exact) mass is 354 g/mol. The number of nitrogens with two attached hydrogens (primary N) is 1. The summed E-state index contributed by atoms with van der Waals surface area (Å²) < 4.78 is 1.97. The highest BCUT2D eigenvalue weighted by molar-refractivity contribution is 7.17. The summed E-state index contributed by atoms with van der Waals surface area (Å²) in [5.41, 5.74) is 8.67. The largest absolute Gasteiger partial charge is 0.366 e. The van der Waals surface area contributed by atoms with E-state index in [0.717, 1.165) is 21.2 Å². The number of carbonyl (C=O) groups excluding carboxylic acids is 2. The highest BCUT2D eigenvalue weighted by Gasteiger charge is 2.11. The molecule has 3 aromatic rings. The number of hydrogen-bond acceptors (Lipinski definition) is 4. The maximum absolute atomic E-state index is 12.3. The topological polar surface area (TPSA) is 89.5 Å². The van der Waals surface area contributed by atoms with E-state index in [9.17, 15) is 9.59 Å². The van der Waals surface area contributed by atoms with Crippen LogP contribution in [0.2, 0.25) is 0 Å². The van der Waals surface area contributed by atoms with Gasteiger partial charge >= 0.3 is 0 Å². The second-order valence-corrected chi connectivity index (χ2v) is 6.96. The third-order valence-corrected chi connectivity index (χ3v) is 4.81. The molecule has 3 N–H and O–H groups in total. The standard InChI is InChI=1S/C18H18N4O2S/c1-10-9-22-15(12(3)20-18(22)25-10)7-8-16(23)21-14-6-4-5-13(11(14)2)17(19)24/h4-9H,1-3H3,(H2,19,24)(H,21,23)/b8-7+. The molecule has 6 nitrogen and oxygen atoms in total. The quantitative estimate of drug-likeness (QED) is 0.706. The van der Waals surface area contributed by atoms with Crippen LogP contribution in [-0.4, -0.2) is 21.2 Å². The number of nitrogens with one attached hydrogen (secondary N) is 1. The summed E-state index contributed by atoms with van der Waals surface area (Å²) in [4.78, 5) is 30.2.